The van der Waals surface area contributed by atoms with Crippen molar-refractivity contribution in [2.24, 2.45) is 5.41 Å². The van der Waals surface area contributed by atoms with E-state index in [-0.39, 0.29) is 11.6 Å². The Morgan fingerprint density at radius 3 is 2.67 bits per heavy atom. The number of rotatable bonds is 3. The molecule has 6 nitrogen and oxygen atoms in total. The fourth-order valence-electron chi connectivity index (χ4n) is 3.29. The maximum Gasteiger partial charge on any atom is 0.317 e. The Morgan fingerprint density at radius 2 is 2.10 bits per heavy atom. The van der Waals surface area contributed by atoms with Crippen LogP contribution in [0, 0.1) is 5.41 Å². The Hall–Kier alpha value is -1.30. The van der Waals surface area contributed by atoms with E-state index < -0.39 is 11.4 Å². The quantitative estimate of drug-likeness (QED) is 0.833. The van der Waals surface area contributed by atoms with Gasteiger partial charge in [0.1, 0.15) is 0 Å². The Morgan fingerprint density at radius 1 is 1.33 bits per heavy atom. The number of aliphatic carboxylic acids is 1. The van der Waals surface area contributed by atoms with Gasteiger partial charge in [-0.05, 0) is 39.0 Å². The molecule has 2 saturated heterocycles. The highest BCUT2D eigenvalue weighted by atomic mass is 16.5. The molecule has 2 atom stereocenters. The summed E-state index contributed by atoms with van der Waals surface area (Å²) in [6, 6.07) is -0.165. The number of hydrogen-bond donors (Lipinski definition) is 2. The number of carbonyl (C=O) groups excluding carboxylic acids is 1. The molecule has 0 radical (unpaired) electrons. The number of likely N-dealkylation sites (tertiary alicyclic amines) is 1. The van der Waals surface area contributed by atoms with Gasteiger partial charge in [0.2, 0.25) is 0 Å². The highest BCUT2D eigenvalue weighted by molar-refractivity contribution is 5.79. The Labute approximate surface area is 125 Å². The molecule has 2 fully saturated rings. The van der Waals surface area contributed by atoms with Crippen LogP contribution in [0.15, 0.2) is 0 Å². The monoisotopic (exact) mass is 298 g/mol. The van der Waals surface area contributed by atoms with Crippen LogP contribution >= 0.6 is 0 Å². The predicted molar refractivity (Wildman–Crippen MR) is 78.2 cm³/mol. The Bertz CT molecular complexity index is 406. The summed E-state index contributed by atoms with van der Waals surface area (Å²) in [5, 5.41) is 12.5. The molecule has 120 valence electrons. The topological polar surface area (TPSA) is 78.9 Å². The normalized spacial score (nSPS) is 33.5. The average molecular weight is 298 g/mol. The predicted octanol–water partition coefficient (Wildman–Crippen LogP) is 1.84. The molecule has 0 aromatic carbocycles. The first-order valence-electron chi connectivity index (χ1n) is 7.79. The van der Waals surface area contributed by atoms with E-state index in [0.29, 0.717) is 32.5 Å². The molecule has 2 amide bonds. The second-order valence-electron chi connectivity index (χ2n) is 6.61. The number of hydrogen-bond acceptors (Lipinski definition) is 3. The lowest BCUT2D eigenvalue weighted by atomic mass is 9.78. The van der Waals surface area contributed by atoms with Crippen molar-refractivity contribution in [3.05, 3.63) is 0 Å². The standard InChI is InChI=1S/C15H26N2O4/c1-3-15(12(18)19)7-4-8-17(10-15)13(20)16-14(2)6-5-9-21-11-14/h3-11H2,1-2H3,(H,16,20)(H,18,19). The summed E-state index contributed by atoms with van der Waals surface area (Å²) in [7, 11) is 0. The van der Waals surface area contributed by atoms with E-state index in [4.69, 9.17) is 4.74 Å². The summed E-state index contributed by atoms with van der Waals surface area (Å²) < 4.78 is 5.45. The first kappa shape index (κ1) is 16.1. The molecule has 2 unspecified atom stereocenters. The van der Waals surface area contributed by atoms with Gasteiger partial charge < -0.3 is 20.1 Å². The molecule has 0 spiro atoms. The van der Waals surface area contributed by atoms with E-state index in [1.165, 1.54) is 0 Å². The minimum Gasteiger partial charge on any atom is -0.481 e. The summed E-state index contributed by atoms with van der Waals surface area (Å²) in [4.78, 5) is 25.7. The van der Waals surface area contributed by atoms with Crippen molar-refractivity contribution in [2.45, 2.75) is 51.5 Å². The smallest absolute Gasteiger partial charge is 0.317 e. The van der Waals surface area contributed by atoms with Gasteiger partial charge in [-0.25, -0.2) is 4.79 Å². The summed E-state index contributed by atoms with van der Waals surface area (Å²) in [5.74, 6) is -0.797. The zero-order valence-electron chi connectivity index (χ0n) is 13.0. The third-order valence-electron chi connectivity index (χ3n) is 4.84. The summed E-state index contributed by atoms with van der Waals surface area (Å²) in [6.45, 7) is 6.04. The minimum atomic E-state index is -0.797. The van der Waals surface area contributed by atoms with Crippen molar-refractivity contribution >= 4 is 12.0 Å². The maximum atomic E-state index is 12.5. The highest BCUT2D eigenvalue weighted by Gasteiger charge is 2.43. The van der Waals surface area contributed by atoms with E-state index in [9.17, 15) is 14.7 Å². The molecule has 2 rings (SSSR count). The molecule has 0 saturated carbocycles. The van der Waals surface area contributed by atoms with Crippen LogP contribution in [0.4, 0.5) is 4.79 Å². The molecule has 2 heterocycles. The van der Waals surface area contributed by atoms with Crippen LogP contribution in [0.1, 0.15) is 46.0 Å². The van der Waals surface area contributed by atoms with Crippen LogP contribution in [-0.4, -0.2) is 53.8 Å². The number of nitrogens with zero attached hydrogens (tertiary/aromatic N) is 1. The van der Waals surface area contributed by atoms with Gasteiger partial charge in [0.15, 0.2) is 0 Å². The average Bonchev–Trinajstić information content (AvgIpc) is 2.47. The first-order valence-corrected chi connectivity index (χ1v) is 7.79. The van der Waals surface area contributed by atoms with Crippen molar-refractivity contribution < 1.29 is 19.4 Å². The van der Waals surface area contributed by atoms with Gasteiger partial charge in [0.25, 0.3) is 0 Å². The van der Waals surface area contributed by atoms with Crippen LogP contribution in [0.25, 0.3) is 0 Å². The molecular weight excluding hydrogens is 272 g/mol. The second kappa shape index (κ2) is 6.22. The van der Waals surface area contributed by atoms with E-state index in [2.05, 4.69) is 5.32 Å². The number of urea groups is 1. The fraction of sp³-hybridized carbons (Fsp3) is 0.867. The molecule has 0 bridgehead atoms. The number of carboxylic acid groups (broad SMARTS) is 1. The van der Waals surface area contributed by atoms with Gasteiger partial charge in [0, 0.05) is 19.7 Å². The Balaban J connectivity index is 2.00. The summed E-state index contributed by atoms with van der Waals surface area (Å²) in [5.41, 5.74) is -1.13. The largest absolute Gasteiger partial charge is 0.481 e. The first-order chi connectivity index (χ1) is 9.91. The number of amides is 2. The van der Waals surface area contributed by atoms with Crippen LogP contribution in [-0.2, 0) is 9.53 Å². The third-order valence-corrected chi connectivity index (χ3v) is 4.84. The van der Waals surface area contributed by atoms with E-state index in [1.807, 2.05) is 13.8 Å². The van der Waals surface area contributed by atoms with Gasteiger partial charge in [-0.15, -0.1) is 0 Å². The zero-order valence-corrected chi connectivity index (χ0v) is 13.0. The van der Waals surface area contributed by atoms with E-state index >= 15 is 0 Å². The van der Waals surface area contributed by atoms with Crippen molar-refractivity contribution in [3.63, 3.8) is 0 Å². The fourth-order valence-corrected chi connectivity index (χ4v) is 3.29. The molecule has 2 N–H and O–H groups in total. The lowest BCUT2D eigenvalue weighted by molar-refractivity contribution is -0.152. The lowest BCUT2D eigenvalue weighted by Gasteiger charge is -2.42. The number of piperidine rings is 1. The highest BCUT2D eigenvalue weighted by Crippen LogP contribution is 2.34. The van der Waals surface area contributed by atoms with Gasteiger partial charge in [-0.3, -0.25) is 4.79 Å². The van der Waals surface area contributed by atoms with E-state index in [1.54, 1.807) is 4.90 Å². The third kappa shape index (κ3) is 3.48. The van der Waals surface area contributed by atoms with Crippen molar-refractivity contribution in [3.8, 4) is 0 Å². The van der Waals surface area contributed by atoms with Crippen LogP contribution < -0.4 is 5.32 Å². The molecule has 0 aliphatic carbocycles. The van der Waals surface area contributed by atoms with Crippen LogP contribution in [0.5, 0.6) is 0 Å². The number of nitrogens with one attached hydrogen (secondary N) is 1. The van der Waals surface area contributed by atoms with Gasteiger partial charge in [-0.2, -0.15) is 0 Å². The number of carboxylic acids is 1. The van der Waals surface area contributed by atoms with Gasteiger partial charge in [0.05, 0.1) is 17.6 Å². The summed E-state index contributed by atoms with van der Waals surface area (Å²) in [6.07, 6.45) is 3.76. The zero-order chi connectivity index (χ0) is 15.5. The molecule has 0 aromatic heterocycles. The van der Waals surface area contributed by atoms with Crippen LogP contribution in [0.2, 0.25) is 0 Å². The Kier molecular flexibility index (Phi) is 4.76. The molecular formula is C15H26N2O4. The molecule has 2 aliphatic heterocycles. The second-order valence-corrected chi connectivity index (χ2v) is 6.61. The van der Waals surface area contributed by atoms with Crippen molar-refractivity contribution in [1.29, 1.82) is 0 Å². The van der Waals surface area contributed by atoms with Crippen molar-refractivity contribution in [1.82, 2.24) is 10.2 Å². The molecule has 2 aliphatic rings. The SMILES string of the molecule is CCC1(C(=O)O)CCCN(C(=O)NC2(C)CCCOC2)C1. The van der Waals surface area contributed by atoms with Crippen molar-refractivity contribution in [2.75, 3.05) is 26.3 Å². The lowest BCUT2D eigenvalue weighted by Crippen LogP contribution is -2.59. The van der Waals surface area contributed by atoms with E-state index in [0.717, 1.165) is 25.9 Å². The van der Waals surface area contributed by atoms with Gasteiger partial charge in [-0.1, -0.05) is 6.92 Å². The number of carbonyl (C=O) groups is 2. The summed E-state index contributed by atoms with van der Waals surface area (Å²) >= 11 is 0. The number of ether oxygens (including phenoxy) is 1. The molecule has 0 aromatic rings. The molecule has 6 heteroatoms. The van der Waals surface area contributed by atoms with Gasteiger partial charge >= 0.3 is 12.0 Å². The molecule has 21 heavy (non-hydrogen) atoms. The minimum absolute atomic E-state index is 0.165. The van der Waals surface area contributed by atoms with Crippen LogP contribution in [0.3, 0.4) is 0 Å². The maximum absolute atomic E-state index is 12.5.